The first-order valence-electron chi connectivity index (χ1n) is 9.13. The summed E-state index contributed by atoms with van der Waals surface area (Å²) in [5, 5.41) is 11.7. The van der Waals surface area contributed by atoms with Crippen LogP contribution in [-0.4, -0.2) is 69.6 Å². The van der Waals surface area contributed by atoms with Crippen LogP contribution in [0, 0.1) is 10.1 Å². The molecular formula is C17H20N8O5. The van der Waals surface area contributed by atoms with Gasteiger partial charge in [-0.05, 0) is 19.1 Å². The molecule has 0 unspecified atom stereocenters. The molecule has 3 heterocycles. The van der Waals surface area contributed by atoms with E-state index in [1.54, 1.807) is 11.8 Å². The average Bonchev–Trinajstić information content (AvgIpc) is 2.78. The zero-order chi connectivity index (χ0) is 21.5. The minimum Gasteiger partial charge on any atom is -0.450 e. The number of pyridine rings is 1. The van der Waals surface area contributed by atoms with Crippen LogP contribution in [0.25, 0.3) is 0 Å². The molecule has 2 amide bonds. The number of carbonyl (C=O) groups excluding carboxylic acids is 2. The van der Waals surface area contributed by atoms with E-state index in [1.165, 1.54) is 35.8 Å². The largest absolute Gasteiger partial charge is 0.450 e. The number of hydrazine groups is 1. The number of hydrogen-bond donors (Lipinski definition) is 2. The van der Waals surface area contributed by atoms with Gasteiger partial charge in [0.2, 0.25) is 11.6 Å². The molecule has 0 bridgehead atoms. The van der Waals surface area contributed by atoms with Crippen LogP contribution in [0.3, 0.4) is 0 Å². The van der Waals surface area contributed by atoms with Crippen LogP contribution in [0.4, 0.5) is 22.1 Å². The summed E-state index contributed by atoms with van der Waals surface area (Å²) in [4.78, 5) is 50.1. The molecule has 13 heteroatoms. The summed E-state index contributed by atoms with van der Waals surface area (Å²) in [6.07, 6.45) is 3.66. The summed E-state index contributed by atoms with van der Waals surface area (Å²) in [5.74, 6) is -0.561. The molecule has 1 fully saturated rings. The van der Waals surface area contributed by atoms with Gasteiger partial charge in [-0.25, -0.2) is 14.8 Å². The number of nitrogens with zero attached hydrogens (tertiary/aromatic N) is 6. The second-order valence-electron chi connectivity index (χ2n) is 6.14. The molecule has 0 spiro atoms. The topological polar surface area (TPSA) is 156 Å². The van der Waals surface area contributed by atoms with Gasteiger partial charge in [-0.2, -0.15) is 0 Å². The van der Waals surface area contributed by atoms with Crippen molar-refractivity contribution >= 4 is 29.3 Å². The van der Waals surface area contributed by atoms with E-state index in [-0.39, 0.29) is 23.9 Å². The fourth-order valence-electron chi connectivity index (χ4n) is 2.87. The number of piperazine rings is 1. The SMILES string of the molecule is CCOC(=O)N1CCN(c2ncnc(NNC(=O)c3ccncc3)c2[N+](=O)[O-])CC1. The van der Waals surface area contributed by atoms with E-state index in [0.29, 0.717) is 31.7 Å². The molecule has 2 N–H and O–H groups in total. The number of carbonyl (C=O) groups is 2. The van der Waals surface area contributed by atoms with Crippen LogP contribution in [-0.2, 0) is 4.74 Å². The van der Waals surface area contributed by atoms with E-state index in [2.05, 4.69) is 25.8 Å². The van der Waals surface area contributed by atoms with Crippen molar-refractivity contribution in [1.29, 1.82) is 0 Å². The first-order valence-corrected chi connectivity index (χ1v) is 9.13. The van der Waals surface area contributed by atoms with Crippen LogP contribution in [0.2, 0.25) is 0 Å². The van der Waals surface area contributed by atoms with E-state index in [9.17, 15) is 19.7 Å². The highest BCUT2D eigenvalue weighted by atomic mass is 16.6. The van der Waals surface area contributed by atoms with Crippen LogP contribution < -0.4 is 15.8 Å². The Kier molecular flexibility index (Phi) is 6.52. The Balaban J connectivity index is 1.73. The highest BCUT2D eigenvalue weighted by molar-refractivity contribution is 5.94. The molecule has 2 aromatic heterocycles. The van der Waals surface area contributed by atoms with Gasteiger partial charge in [-0.1, -0.05) is 0 Å². The van der Waals surface area contributed by atoms with Gasteiger partial charge in [0.25, 0.3) is 5.91 Å². The van der Waals surface area contributed by atoms with E-state index in [4.69, 9.17) is 4.74 Å². The lowest BCUT2D eigenvalue weighted by Gasteiger charge is -2.34. The van der Waals surface area contributed by atoms with E-state index in [1.807, 2.05) is 0 Å². The van der Waals surface area contributed by atoms with Crippen molar-refractivity contribution in [1.82, 2.24) is 25.3 Å². The molecule has 158 valence electrons. The fraction of sp³-hybridized carbons (Fsp3) is 0.353. The molecule has 3 rings (SSSR count). The number of hydrogen-bond acceptors (Lipinski definition) is 10. The van der Waals surface area contributed by atoms with Crippen LogP contribution in [0.15, 0.2) is 30.9 Å². The minimum atomic E-state index is -0.617. The third-order valence-electron chi connectivity index (χ3n) is 4.33. The lowest BCUT2D eigenvalue weighted by Crippen LogP contribution is -2.49. The van der Waals surface area contributed by atoms with Gasteiger partial charge in [0.05, 0.1) is 11.5 Å². The van der Waals surface area contributed by atoms with Crippen molar-refractivity contribution in [2.75, 3.05) is 43.1 Å². The summed E-state index contributed by atoms with van der Waals surface area (Å²) in [5.41, 5.74) is 4.82. The first-order chi connectivity index (χ1) is 14.5. The number of rotatable bonds is 6. The average molecular weight is 416 g/mol. The Morgan fingerprint density at radius 1 is 1.20 bits per heavy atom. The van der Waals surface area contributed by atoms with Gasteiger partial charge in [-0.15, -0.1) is 0 Å². The third kappa shape index (κ3) is 4.68. The third-order valence-corrected chi connectivity index (χ3v) is 4.33. The maximum atomic E-state index is 12.2. The van der Waals surface area contributed by atoms with Crippen molar-refractivity contribution < 1.29 is 19.2 Å². The monoisotopic (exact) mass is 416 g/mol. The molecule has 1 aliphatic heterocycles. The van der Waals surface area contributed by atoms with Crippen LogP contribution >= 0.6 is 0 Å². The maximum Gasteiger partial charge on any atom is 0.409 e. The highest BCUT2D eigenvalue weighted by Gasteiger charge is 2.30. The van der Waals surface area contributed by atoms with Crippen molar-refractivity contribution in [3.8, 4) is 0 Å². The van der Waals surface area contributed by atoms with Crippen molar-refractivity contribution in [2.45, 2.75) is 6.92 Å². The molecule has 2 aromatic rings. The van der Waals surface area contributed by atoms with Crippen LogP contribution in [0.5, 0.6) is 0 Å². The Bertz CT molecular complexity index is 918. The summed E-state index contributed by atoms with van der Waals surface area (Å²) >= 11 is 0. The Morgan fingerprint density at radius 3 is 2.53 bits per heavy atom. The molecule has 0 saturated carbocycles. The summed E-state index contributed by atoms with van der Waals surface area (Å²) in [6, 6.07) is 3.00. The second-order valence-corrected chi connectivity index (χ2v) is 6.14. The smallest absolute Gasteiger partial charge is 0.409 e. The number of ether oxygens (including phenoxy) is 1. The Labute approximate surface area is 171 Å². The number of amides is 2. The van der Waals surface area contributed by atoms with Gasteiger partial charge in [0.1, 0.15) is 6.33 Å². The molecule has 13 nitrogen and oxygen atoms in total. The molecule has 0 aliphatic carbocycles. The Hall–Kier alpha value is -4.03. The maximum absolute atomic E-state index is 12.2. The Morgan fingerprint density at radius 2 is 1.90 bits per heavy atom. The zero-order valence-electron chi connectivity index (χ0n) is 16.1. The quantitative estimate of drug-likeness (QED) is 0.510. The molecule has 0 aromatic carbocycles. The van der Waals surface area contributed by atoms with Gasteiger partial charge in [0.15, 0.2) is 0 Å². The van der Waals surface area contributed by atoms with E-state index < -0.39 is 16.9 Å². The predicted octanol–water partition coefficient (Wildman–Crippen LogP) is 0.815. The molecule has 1 aliphatic rings. The molecule has 0 radical (unpaired) electrons. The second kappa shape index (κ2) is 9.45. The summed E-state index contributed by atoms with van der Waals surface area (Å²) < 4.78 is 4.97. The van der Waals surface area contributed by atoms with Gasteiger partial charge in [-0.3, -0.25) is 30.7 Å². The highest BCUT2D eigenvalue weighted by Crippen LogP contribution is 2.31. The number of aromatic nitrogens is 3. The van der Waals surface area contributed by atoms with Crippen molar-refractivity contribution in [2.24, 2.45) is 0 Å². The molecule has 0 atom stereocenters. The minimum absolute atomic E-state index is 0.0965. The lowest BCUT2D eigenvalue weighted by molar-refractivity contribution is -0.383. The number of nitrogens with one attached hydrogen (secondary N) is 2. The van der Waals surface area contributed by atoms with Crippen molar-refractivity contribution in [3.63, 3.8) is 0 Å². The standard InChI is InChI=1S/C17H20N8O5/c1-2-30-17(27)24-9-7-23(8-10-24)15-13(25(28)29)14(19-11-20-15)21-22-16(26)12-3-5-18-6-4-12/h3-6,11H,2,7-10H2,1H3,(H,22,26)(H,19,20,21). The van der Waals surface area contributed by atoms with E-state index in [0.717, 1.165) is 0 Å². The predicted molar refractivity (Wildman–Crippen MR) is 105 cm³/mol. The normalized spacial score (nSPS) is 13.5. The van der Waals surface area contributed by atoms with Crippen molar-refractivity contribution in [3.05, 3.63) is 46.5 Å². The zero-order valence-corrected chi connectivity index (χ0v) is 16.1. The molecular weight excluding hydrogens is 396 g/mol. The molecule has 1 saturated heterocycles. The molecule has 30 heavy (non-hydrogen) atoms. The summed E-state index contributed by atoms with van der Waals surface area (Å²) in [7, 11) is 0. The van der Waals surface area contributed by atoms with Gasteiger partial charge in [0, 0.05) is 44.1 Å². The van der Waals surface area contributed by atoms with Gasteiger partial charge >= 0.3 is 11.8 Å². The lowest BCUT2D eigenvalue weighted by atomic mass is 10.2. The van der Waals surface area contributed by atoms with E-state index >= 15 is 0 Å². The number of anilines is 2. The first kappa shape index (κ1) is 20.7. The fourth-order valence-corrected chi connectivity index (χ4v) is 2.87. The van der Waals surface area contributed by atoms with Crippen LogP contribution in [0.1, 0.15) is 17.3 Å². The van der Waals surface area contributed by atoms with Gasteiger partial charge < -0.3 is 14.5 Å². The summed E-state index contributed by atoms with van der Waals surface area (Å²) in [6.45, 7) is 3.33. The number of nitro groups is 1.